The van der Waals surface area contributed by atoms with Gasteiger partial charge in [0.05, 0.1) is 0 Å². The summed E-state index contributed by atoms with van der Waals surface area (Å²) in [4.78, 5) is 0. The van der Waals surface area contributed by atoms with E-state index in [0.717, 1.165) is 24.3 Å². The van der Waals surface area contributed by atoms with Crippen LogP contribution in [0.2, 0.25) is 0 Å². The van der Waals surface area contributed by atoms with Crippen LogP contribution in [0.3, 0.4) is 0 Å². The van der Waals surface area contributed by atoms with E-state index < -0.39 is 38.7 Å². The van der Waals surface area contributed by atoms with Gasteiger partial charge in [0.15, 0.2) is 27.6 Å². The molecular formula is C13H6Cl2F4. The van der Waals surface area contributed by atoms with E-state index in [9.17, 15) is 17.6 Å². The van der Waals surface area contributed by atoms with Crippen molar-refractivity contribution in [2.75, 3.05) is 0 Å². The summed E-state index contributed by atoms with van der Waals surface area (Å²) in [6, 6.07) is 6.27. The van der Waals surface area contributed by atoms with Gasteiger partial charge < -0.3 is 0 Å². The highest BCUT2D eigenvalue weighted by Crippen LogP contribution is 2.43. The van der Waals surface area contributed by atoms with E-state index in [0.29, 0.717) is 0 Å². The van der Waals surface area contributed by atoms with Crippen LogP contribution in [0.15, 0.2) is 36.4 Å². The van der Waals surface area contributed by atoms with Crippen LogP contribution in [-0.2, 0) is 4.33 Å². The van der Waals surface area contributed by atoms with Gasteiger partial charge in [-0.1, -0.05) is 47.5 Å². The Morgan fingerprint density at radius 1 is 0.684 bits per heavy atom. The lowest BCUT2D eigenvalue weighted by molar-refractivity contribution is 0.485. The Morgan fingerprint density at radius 3 is 1.42 bits per heavy atom. The first-order valence-corrected chi connectivity index (χ1v) is 5.88. The van der Waals surface area contributed by atoms with Crippen molar-refractivity contribution in [3.05, 3.63) is 70.8 Å². The molecule has 0 saturated heterocycles. The lowest BCUT2D eigenvalue weighted by Gasteiger charge is -2.22. The molecule has 19 heavy (non-hydrogen) atoms. The first kappa shape index (κ1) is 14.2. The number of rotatable bonds is 2. The van der Waals surface area contributed by atoms with E-state index in [2.05, 4.69) is 0 Å². The molecule has 2 aromatic rings. The van der Waals surface area contributed by atoms with Crippen molar-refractivity contribution in [2.24, 2.45) is 0 Å². The highest BCUT2D eigenvalue weighted by molar-refractivity contribution is 6.50. The lowest BCUT2D eigenvalue weighted by Crippen LogP contribution is -2.17. The van der Waals surface area contributed by atoms with Crippen molar-refractivity contribution >= 4 is 23.2 Å². The average molecular weight is 309 g/mol. The van der Waals surface area contributed by atoms with Gasteiger partial charge in [0.25, 0.3) is 0 Å². The van der Waals surface area contributed by atoms with E-state index >= 15 is 0 Å². The smallest absolute Gasteiger partial charge is 0.173 e. The fourth-order valence-corrected chi connectivity index (χ4v) is 2.22. The van der Waals surface area contributed by atoms with Gasteiger partial charge in [0.2, 0.25) is 0 Å². The van der Waals surface area contributed by atoms with Gasteiger partial charge in [-0.05, 0) is 12.1 Å². The van der Waals surface area contributed by atoms with Crippen molar-refractivity contribution < 1.29 is 17.6 Å². The first-order valence-electron chi connectivity index (χ1n) is 5.12. The Bertz CT molecular complexity index is 573. The fraction of sp³-hybridized carbons (Fsp3) is 0.0769. The predicted molar refractivity (Wildman–Crippen MR) is 65.2 cm³/mol. The minimum absolute atomic E-state index is 0.486. The Labute approximate surface area is 116 Å². The molecule has 0 aliphatic carbocycles. The summed E-state index contributed by atoms with van der Waals surface area (Å²) in [6.07, 6.45) is 0. The van der Waals surface area contributed by atoms with Crippen molar-refractivity contribution in [1.82, 2.24) is 0 Å². The van der Waals surface area contributed by atoms with Gasteiger partial charge in [-0.3, -0.25) is 0 Å². The molecule has 0 heterocycles. The Balaban J connectivity index is 2.65. The van der Waals surface area contributed by atoms with Gasteiger partial charge >= 0.3 is 0 Å². The van der Waals surface area contributed by atoms with Crippen molar-refractivity contribution in [3.63, 3.8) is 0 Å². The highest BCUT2D eigenvalue weighted by Gasteiger charge is 2.36. The number of hydrogen-bond donors (Lipinski definition) is 0. The predicted octanol–water partition coefficient (Wildman–Crippen LogP) is 4.92. The summed E-state index contributed by atoms with van der Waals surface area (Å²) >= 11 is 11.8. The van der Waals surface area contributed by atoms with Gasteiger partial charge in [0.1, 0.15) is 0 Å². The van der Waals surface area contributed by atoms with E-state index in [1.54, 1.807) is 0 Å². The Hall–Kier alpha value is -1.26. The van der Waals surface area contributed by atoms with E-state index in [1.807, 2.05) is 0 Å². The quantitative estimate of drug-likeness (QED) is 0.545. The van der Waals surface area contributed by atoms with Crippen LogP contribution < -0.4 is 0 Å². The van der Waals surface area contributed by atoms with Gasteiger partial charge in [-0.15, -0.1) is 0 Å². The molecule has 0 nitrogen and oxygen atoms in total. The Morgan fingerprint density at radius 2 is 1.05 bits per heavy atom. The monoisotopic (exact) mass is 308 g/mol. The molecule has 0 aromatic heterocycles. The molecule has 0 radical (unpaired) electrons. The topological polar surface area (TPSA) is 0 Å². The molecule has 0 unspecified atom stereocenters. The summed E-state index contributed by atoms with van der Waals surface area (Å²) in [6.45, 7) is 0. The molecule has 0 bridgehead atoms. The molecule has 0 N–H and O–H groups in total. The average Bonchev–Trinajstić information content (AvgIpc) is 2.35. The number of hydrogen-bond acceptors (Lipinski definition) is 0. The van der Waals surface area contributed by atoms with Crippen molar-refractivity contribution in [2.45, 2.75) is 4.33 Å². The molecule has 2 aromatic carbocycles. The second-order valence-electron chi connectivity index (χ2n) is 3.78. The minimum Gasteiger partial charge on any atom is -0.204 e. The summed E-state index contributed by atoms with van der Waals surface area (Å²) < 4.78 is 51.4. The van der Waals surface area contributed by atoms with Crippen molar-refractivity contribution in [3.8, 4) is 0 Å². The van der Waals surface area contributed by atoms with Gasteiger partial charge in [-0.25, -0.2) is 17.6 Å². The van der Waals surface area contributed by atoms with Crippen molar-refractivity contribution in [1.29, 1.82) is 0 Å². The number of halogens is 6. The third-order valence-corrected chi connectivity index (χ3v) is 3.39. The largest absolute Gasteiger partial charge is 0.204 e. The molecule has 2 rings (SSSR count). The molecule has 0 fully saturated rings. The SMILES string of the molecule is Fc1cccc(C(Cl)(Cl)c2cccc(F)c2F)c1F. The maximum atomic E-state index is 13.7. The van der Waals surface area contributed by atoms with Gasteiger partial charge in [-0.2, -0.15) is 0 Å². The second-order valence-corrected chi connectivity index (χ2v) is 5.10. The Kier molecular flexibility index (Phi) is 3.74. The zero-order valence-corrected chi connectivity index (χ0v) is 10.7. The summed E-state index contributed by atoms with van der Waals surface area (Å²) in [5.74, 6) is -4.98. The van der Waals surface area contributed by atoms with E-state index in [1.165, 1.54) is 12.1 Å². The lowest BCUT2D eigenvalue weighted by atomic mass is 10.0. The van der Waals surface area contributed by atoms with Crippen LogP contribution >= 0.6 is 23.2 Å². The molecule has 0 atom stereocenters. The minimum atomic E-state index is -2.24. The van der Waals surface area contributed by atoms with E-state index in [-0.39, 0.29) is 0 Å². The second kappa shape index (κ2) is 5.02. The zero-order valence-electron chi connectivity index (χ0n) is 9.23. The molecule has 0 saturated carbocycles. The highest BCUT2D eigenvalue weighted by atomic mass is 35.5. The molecule has 6 heteroatoms. The third-order valence-electron chi connectivity index (χ3n) is 2.58. The maximum absolute atomic E-state index is 13.7. The molecule has 0 aliphatic heterocycles. The van der Waals surface area contributed by atoms with E-state index in [4.69, 9.17) is 23.2 Å². The first-order chi connectivity index (χ1) is 8.85. The van der Waals surface area contributed by atoms with Crippen LogP contribution in [0.25, 0.3) is 0 Å². The van der Waals surface area contributed by atoms with Crippen LogP contribution in [0, 0.1) is 23.3 Å². The third kappa shape index (κ3) is 2.42. The summed E-state index contributed by atoms with van der Waals surface area (Å²) in [5, 5.41) is 0. The van der Waals surface area contributed by atoms with Crippen LogP contribution in [0.5, 0.6) is 0 Å². The molecular weight excluding hydrogens is 303 g/mol. The standard InChI is InChI=1S/C13H6Cl2F4/c14-13(15,7-3-1-5-9(16)11(7)18)8-4-2-6-10(17)12(8)19/h1-6H. The zero-order chi connectivity index (χ0) is 14.2. The summed E-state index contributed by atoms with van der Waals surface area (Å²) in [5.41, 5.74) is -0.972. The normalized spacial score (nSPS) is 11.7. The van der Waals surface area contributed by atoms with Crippen LogP contribution in [0.4, 0.5) is 17.6 Å². The summed E-state index contributed by atoms with van der Waals surface area (Å²) in [7, 11) is 0. The maximum Gasteiger partial charge on any atom is 0.173 e. The molecule has 0 aliphatic rings. The molecule has 0 spiro atoms. The fourth-order valence-electron chi connectivity index (χ4n) is 1.64. The van der Waals surface area contributed by atoms with Gasteiger partial charge in [0, 0.05) is 11.1 Å². The van der Waals surface area contributed by atoms with Crippen LogP contribution in [0.1, 0.15) is 11.1 Å². The molecule has 100 valence electrons. The molecule has 0 amide bonds. The number of alkyl halides is 2. The van der Waals surface area contributed by atoms with Crippen LogP contribution in [-0.4, -0.2) is 0 Å². The number of benzene rings is 2.